The number of allylic oxidation sites excluding steroid dienone is 2. The molecule has 0 bridgehead atoms. The Labute approximate surface area is 194 Å². The second-order valence-corrected chi connectivity index (χ2v) is 7.43. The van der Waals surface area contributed by atoms with Crippen LogP contribution >= 0.6 is 0 Å². The van der Waals surface area contributed by atoms with Gasteiger partial charge in [-0.1, -0.05) is 6.08 Å². The predicted molar refractivity (Wildman–Crippen MR) is 134 cm³/mol. The zero-order chi connectivity index (χ0) is 23.8. The van der Waals surface area contributed by atoms with Gasteiger partial charge in [-0.05, 0) is 39.3 Å². The summed E-state index contributed by atoms with van der Waals surface area (Å²) < 4.78 is 0. The maximum Gasteiger partial charge on any atom is 0.227 e. The summed E-state index contributed by atoms with van der Waals surface area (Å²) in [6, 6.07) is 2.03. The van der Waals surface area contributed by atoms with Crippen LogP contribution in [0, 0.1) is 0 Å². The number of aliphatic imine (C=N–C) groups is 2. The molecule has 0 atom stereocenters. The zero-order valence-corrected chi connectivity index (χ0v) is 20.0. The fraction of sp³-hybridized carbons (Fsp3) is 0.360. The van der Waals surface area contributed by atoms with Crippen LogP contribution in [0.2, 0.25) is 0 Å². The molecule has 0 aliphatic carbocycles. The molecule has 172 valence electrons. The van der Waals surface area contributed by atoms with Gasteiger partial charge >= 0.3 is 0 Å². The van der Waals surface area contributed by atoms with Crippen LogP contribution < -0.4 is 0 Å². The van der Waals surface area contributed by atoms with Gasteiger partial charge in [-0.25, -0.2) is 4.98 Å². The quantitative estimate of drug-likeness (QED) is 0.507. The molecule has 33 heavy (non-hydrogen) atoms. The number of hydrogen-bond donors (Lipinski definition) is 1. The molecule has 0 radical (unpaired) electrons. The normalized spacial score (nSPS) is 12.6. The highest BCUT2D eigenvalue weighted by atomic mass is 16.2. The van der Waals surface area contributed by atoms with Crippen LogP contribution in [0.4, 0.5) is 0 Å². The second kappa shape index (κ2) is 11.3. The van der Waals surface area contributed by atoms with Gasteiger partial charge in [0.1, 0.15) is 5.71 Å². The molecule has 0 aliphatic heterocycles. The number of rotatable bonds is 9. The van der Waals surface area contributed by atoms with Crippen molar-refractivity contribution in [3.8, 4) is 0 Å². The largest absolute Gasteiger partial charge is 0.343 e. The second-order valence-electron chi connectivity index (χ2n) is 7.43. The van der Waals surface area contributed by atoms with Gasteiger partial charge in [0.15, 0.2) is 5.82 Å². The monoisotopic (exact) mass is 445 g/mol. The third kappa shape index (κ3) is 5.39. The van der Waals surface area contributed by atoms with Gasteiger partial charge in [-0.2, -0.15) is 0 Å². The van der Waals surface area contributed by atoms with E-state index in [9.17, 15) is 4.79 Å². The van der Waals surface area contributed by atoms with E-state index in [4.69, 9.17) is 4.98 Å². The van der Waals surface area contributed by atoms with Crippen molar-refractivity contribution in [3.05, 3.63) is 59.4 Å². The van der Waals surface area contributed by atoms with E-state index in [1.54, 1.807) is 25.6 Å². The number of pyridine rings is 2. The van der Waals surface area contributed by atoms with Crippen molar-refractivity contribution in [1.82, 2.24) is 24.8 Å². The van der Waals surface area contributed by atoms with Gasteiger partial charge in [0.05, 0.1) is 23.7 Å². The third-order valence-corrected chi connectivity index (χ3v) is 5.44. The third-order valence-electron chi connectivity index (χ3n) is 5.44. The summed E-state index contributed by atoms with van der Waals surface area (Å²) in [6.45, 7) is 10.0. The van der Waals surface area contributed by atoms with Crippen molar-refractivity contribution in [2.45, 2.75) is 34.1 Å². The minimum atomic E-state index is 0.0627. The number of amides is 1. The molecule has 0 saturated carbocycles. The molecule has 1 N–H and O–H groups in total. The highest BCUT2D eigenvalue weighted by Gasteiger charge is 2.18. The predicted octanol–water partition coefficient (Wildman–Crippen LogP) is 3.73. The van der Waals surface area contributed by atoms with Crippen molar-refractivity contribution >= 4 is 34.4 Å². The minimum absolute atomic E-state index is 0.0627. The molecular formula is C25H31N7O. The van der Waals surface area contributed by atoms with E-state index in [1.165, 1.54) is 0 Å². The van der Waals surface area contributed by atoms with Crippen molar-refractivity contribution in [3.63, 3.8) is 0 Å². The van der Waals surface area contributed by atoms with Crippen LogP contribution in [0.25, 0.3) is 16.6 Å². The van der Waals surface area contributed by atoms with Crippen molar-refractivity contribution in [1.29, 1.82) is 0 Å². The minimum Gasteiger partial charge on any atom is -0.343 e. The summed E-state index contributed by atoms with van der Waals surface area (Å²) in [6.07, 6.45) is 11.1. The summed E-state index contributed by atoms with van der Waals surface area (Å²) in [4.78, 5) is 40.1. The fourth-order valence-corrected chi connectivity index (χ4v) is 3.68. The number of H-pyrrole nitrogens is 1. The van der Waals surface area contributed by atoms with Crippen LogP contribution in [0.1, 0.15) is 50.2 Å². The Morgan fingerprint density at radius 3 is 2.48 bits per heavy atom. The number of nitrogens with one attached hydrogen (secondary N) is 1. The molecule has 0 spiro atoms. The van der Waals surface area contributed by atoms with Crippen molar-refractivity contribution in [2.24, 2.45) is 9.98 Å². The number of hydrogen-bond acceptors (Lipinski definition) is 6. The van der Waals surface area contributed by atoms with Gasteiger partial charge in [-0.15, -0.1) is 0 Å². The van der Waals surface area contributed by atoms with E-state index < -0.39 is 0 Å². The molecule has 0 saturated heterocycles. The first-order valence-corrected chi connectivity index (χ1v) is 11.3. The van der Waals surface area contributed by atoms with E-state index in [2.05, 4.69) is 24.9 Å². The lowest BCUT2D eigenvalue weighted by molar-refractivity contribution is -0.130. The van der Waals surface area contributed by atoms with Crippen LogP contribution in [-0.2, 0) is 11.2 Å². The molecule has 0 unspecified atom stereocenters. The summed E-state index contributed by atoms with van der Waals surface area (Å²) >= 11 is 0. The van der Waals surface area contributed by atoms with Crippen LogP contribution in [-0.4, -0.2) is 69.4 Å². The highest BCUT2D eigenvalue weighted by Crippen LogP contribution is 2.20. The number of fused-ring (bicyclic) bond motifs is 1. The Morgan fingerprint density at radius 2 is 1.82 bits per heavy atom. The maximum absolute atomic E-state index is 12.7. The number of carbonyl (C=O) groups excluding carboxylic acids is 1. The number of aromatic amines is 1. The number of nitrogens with zero attached hydrogens (tertiary/aromatic N) is 6. The summed E-state index contributed by atoms with van der Waals surface area (Å²) in [5.74, 6) is 0.674. The highest BCUT2D eigenvalue weighted by molar-refractivity contribution is 6.14. The van der Waals surface area contributed by atoms with Crippen LogP contribution in [0.15, 0.2) is 46.9 Å². The Morgan fingerprint density at radius 1 is 1.09 bits per heavy atom. The Bertz CT molecular complexity index is 1200. The van der Waals surface area contributed by atoms with E-state index in [1.807, 2.05) is 57.1 Å². The molecule has 3 rings (SSSR count). The molecular weight excluding hydrogens is 414 g/mol. The lowest BCUT2D eigenvalue weighted by Crippen LogP contribution is -2.31. The van der Waals surface area contributed by atoms with Gasteiger partial charge in [0.2, 0.25) is 5.91 Å². The lowest BCUT2D eigenvalue weighted by Gasteiger charge is -2.18. The Kier molecular flexibility index (Phi) is 8.18. The van der Waals surface area contributed by atoms with Gasteiger partial charge in [0.25, 0.3) is 0 Å². The van der Waals surface area contributed by atoms with E-state index in [-0.39, 0.29) is 12.3 Å². The number of aromatic nitrogens is 4. The zero-order valence-electron chi connectivity index (χ0n) is 20.0. The first-order chi connectivity index (χ1) is 16.1. The first-order valence-electron chi connectivity index (χ1n) is 11.3. The van der Waals surface area contributed by atoms with Crippen LogP contribution in [0.5, 0.6) is 0 Å². The molecule has 3 heterocycles. The average molecular weight is 446 g/mol. The van der Waals surface area contributed by atoms with Gasteiger partial charge in [0, 0.05) is 68.2 Å². The Balaban J connectivity index is 1.98. The van der Waals surface area contributed by atoms with E-state index in [0.717, 1.165) is 39.8 Å². The molecule has 8 nitrogen and oxygen atoms in total. The molecule has 0 aromatic carbocycles. The van der Waals surface area contributed by atoms with Crippen molar-refractivity contribution < 1.29 is 4.79 Å². The Hall–Kier alpha value is -3.68. The molecule has 0 fully saturated rings. The smallest absolute Gasteiger partial charge is 0.227 e. The molecule has 3 aromatic heterocycles. The maximum atomic E-state index is 12.7. The molecule has 1 amide bonds. The molecule has 3 aromatic rings. The van der Waals surface area contributed by atoms with E-state index in [0.29, 0.717) is 24.6 Å². The lowest BCUT2D eigenvalue weighted by atomic mass is 10.0. The average Bonchev–Trinajstić information content (AvgIpc) is 3.26. The standard InChI is InChI=1S/C25H31N7O/c1-6-17(12-27-7-2)18-10-19(14-28-13-18)24(26-5)25-30-21-16-29-15-20(23(21)31-25)11-22(33)32(8-3)9-4/h6,10,12-16H,7-9,11H2,1-5H3,(H,30,31)/b17-6+,26-24+,27-12-. The van der Waals surface area contributed by atoms with Gasteiger partial charge < -0.3 is 9.88 Å². The van der Waals surface area contributed by atoms with E-state index >= 15 is 0 Å². The van der Waals surface area contributed by atoms with Gasteiger partial charge in [-0.3, -0.25) is 24.7 Å². The number of imidazole rings is 1. The van der Waals surface area contributed by atoms with Crippen LogP contribution in [0.3, 0.4) is 0 Å². The summed E-state index contributed by atoms with van der Waals surface area (Å²) in [7, 11) is 1.73. The molecule has 0 aliphatic rings. The summed E-state index contributed by atoms with van der Waals surface area (Å²) in [5, 5.41) is 0. The topological polar surface area (TPSA) is 99.5 Å². The fourth-order valence-electron chi connectivity index (χ4n) is 3.68. The molecule has 8 heteroatoms. The first kappa shape index (κ1) is 24.0. The number of carbonyl (C=O) groups is 1. The number of likely N-dealkylation sites (N-methyl/N-ethyl adjacent to an activating group) is 1. The summed E-state index contributed by atoms with van der Waals surface area (Å²) in [5.41, 5.74) is 5.77. The van der Waals surface area contributed by atoms with Crippen molar-refractivity contribution in [2.75, 3.05) is 26.7 Å². The SMILES string of the molecule is C/C=C(\C=N/CC)c1cncc(/C(=N\C)c2nc3c(CC(=O)N(CC)CC)cncc3[nH]2)c1.